The van der Waals surface area contributed by atoms with Crippen LogP contribution in [-0.2, 0) is 11.3 Å². The lowest BCUT2D eigenvalue weighted by Crippen LogP contribution is -2.52. The van der Waals surface area contributed by atoms with E-state index in [4.69, 9.17) is 20.3 Å². The van der Waals surface area contributed by atoms with Crippen LogP contribution >= 0.6 is 34.0 Å². The molecule has 0 aliphatic carbocycles. The second-order valence-corrected chi connectivity index (χ2v) is 16.0. The van der Waals surface area contributed by atoms with Gasteiger partial charge in [0.1, 0.15) is 73.5 Å². The number of carbonyl (C=O) groups is 7. The molecule has 0 aliphatic rings. The van der Waals surface area contributed by atoms with Gasteiger partial charge in [-0.3, -0.25) is 33.6 Å². The highest BCUT2D eigenvalue weighted by atomic mass is 32.1. The number of aliphatic hydroxyl groups excluding tert-OH is 1. The van der Waals surface area contributed by atoms with Gasteiger partial charge in [0.15, 0.2) is 5.69 Å². The molecule has 22 nitrogen and oxygen atoms in total. The number of nitrogens with one attached hydrogen (secondary N) is 4. The Bertz CT molecular complexity index is 2770. The van der Waals surface area contributed by atoms with Crippen molar-refractivity contribution in [3.05, 3.63) is 97.1 Å². The van der Waals surface area contributed by atoms with Crippen LogP contribution in [0.15, 0.2) is 55.7 Å². The third-order valence-corrected chi connectivity index (χ3v) is 11.3. The van der Waals surface area contributed by atoms with E-state index in [9.17, 15) is 38.7 Å². The Morgan fingerprint density at radius 2 is 1.44 bits per heavy atom. The van der Waals surface area contributed by atoms with E-state index in [1.54, 1.807) is 19.9 Å². The van der Waals surface area contributed by atoms with Crippen LogP contribution in [-0.4, -0.2) is 88.4 Å². The van der Waals surface area contributed by atoms with Crippen LogP contribution < -0.4 is 32.7 Å². The lowest BCUT2D eigenvalue weighted by atomic mass is 10.1. The predicted molar refractivity (Wildman–Crippen MR) is 225 cm³/mol. The summed E-state index contributed by atoms with van der Waals surface area (Å²) in [6, 6.07) is 0.811. The summed E-state index contributed by atoms with van der Waals surface area (Å²) in [6.07, 6.45) is 2.78. The van der Waals surface area contributed by atoms with Gasteiger partial charge in [0.05, 0.1) is 18.7 Å². The van der Waals surface area contributed by atoms with Crippen molar-refractivity contribution in [1.29, 1.82) is 0 Å². The second-order valence-electron chi connectivity index (χ2n) is 13.3. The average molecular weight is 917 g/mol. The fourth-order valence-electron chi connectivity index (χ4n) is 5.41. The average Bonchev–Trinajstić information content (AvgIpc) is 4.11. The van der Waals surface area contributed by atoms with Crippen LogP contribution in [0.4, 0.5) is 0 Å². The van der Waals surface area contributed by atoms with E-state index in [2.05, 4.69) is 51.2 Å². The zero-order valence-electron chi connectivity index (χ0n) is 33.4. The molecule has 6 rings (SSSR count). The summed E-state index contributed by atoms with van der Waals surface area (Å²) in [7, 11) is 0. The van der Waals surface area contributed by atoms with Gasteiger partial charge in [-0.25, -0.2) is 29.9 Å². The number of pyridine rings is 1. The number of rotatable bonds is 18. The number of primary amides is 2. The number of Topliss-reactive ketones (excluding diaryl/α,β-unsaturated/α-hetero) is 1. The van der Waals surface area contributed by atoms with E-state index in [0.717, 1.165) is 28.9 Å². The molecule has 0 fully saturated rings. The van der Waals surface area contributed by atoms with Gasteiger partial charge in [0.25, 0.3) is 35.4 Å². The van der Waals surface area contributed by atoms with E-state index < -0.39 is 59.4 Å². The molecule has 6 aromatic rings. The minimum atomic E-state index is -1.51. The summed E-state index contributed by atoms with van der Waals surface area (Å²) in [5.74, 6) is -5.10. The summed E-state index contributed by atoms with van der Waals surface area (Å²) in [4.78, 5) is 113. The van der Waals surface area contributed by atoms with Crippen LogP contribution in [0.5, 0.6) is 0 Å². The van der Waals surface area contributed by atoms with Crippen LogP contribution in [0.3, 0.4) is 0 Å². The Morgan fingerprint density at radius 1 is 0.762 bits per heavy atom. The molecule has 0 saturated heterocycles. The first kappa shape index (κ1) is 45.2. The lowest BCUT2D eigenvalue weighted by Gasteiger charge is -2.20. The number of thiazole rings is 3. The molecule has 3 unspecified atom stereocenters. The predicted octanol–water partition coefficient (Wildman–Crippen LogP) is 2.63. The molecule has 63 heavy (non-hydrogen) atoms. The van der Waals surface area contributed by atoms with Gasteiger partial charge in [-0.2, -0.15) is 0 Å². The topological polar surface area (TPSA) is 343 Å². The number of aliphatic hydroxyl groups is 1. The van der Waals surface area contributed by atoms with Crippen LogP contribution in [0.2, 0.25) is 0 Å². The summed E-state index contributed by atoms with van der Waals surface area (Å²) >= 11 is 3.33. The normalized spacial score (nSPS) is 12.8. The number of hydrogen-bond acceptors (Lipinski definition) is 19. The molecule has 6 amide bonds. The largest absolute Gasteiger partial charge is 0.443 e. The molecule has 0 aromatic carbocycles. The Morgan fingerprint density at radius 3 is 2.11 bits per heavy atom. The maximum atomic E-state index is 13.5. The molecule has 0 spiro atoms. The maximum Gasteiger partial charge on any atom is 0.273 e. The minimum Gasteiger partial charge on any atom is -0.443 e. The summed E-state index contributed by atoms with van der Waals surface area (Å²) in [6.45, 7) is 5.96. The Labute approximate surface area is 367 Å². The number of nitrogens with zero attached hydrogens (tertiary/aromatic N) is 6. The van der Waals surface area contributed by atoms with Crippen molar-refractivity contribution in [2.75, 3.05) is 0 Å². The number of amides is 6. The number of ketones is 1. The first-order valence-electron chi connectivity index (χ1n) is 18.5. The number of allylic oxidation sites excluding steroid dienone is 1. The number of carbonyl (C=O) groups excluding carboxylic acids is 7. The third-order valence-electron chi connectivity index (χ3n) is 8.52. The second kappa shape index (κ2) is 19.6. The van der Waals surface area contributed by atoms with E-state index in [1.807, 2.05) is 0 Å². The highest BCUT2D eigenvalue weighted by Crippen LogP contribution is 2.33. The van der Waals surface area contributed by atoms with Crippen LogP contribution in [0.1, 0.15) is 119 Å². The van der Waals surface area contributed by atoms with Gasteiger partial charge in [0.2, 0.25) is 17.6 Å². The summed E-state index contributed by atoms with van der Waals surface area (Å²) in [5, 5.41) is 26.6. The van der Waals surface area contributed by atoms with Crippen molar-refractivity contribution in [3.63, 3.8) is 0 Å². The molecule has 0 bridgehead atoms. The number of nitrogens with two attached hydrogens (primary N) is 2. The summed E-state index contributed by atoms with van der Waals surface area (Å²) in [5.41, 5.74) is 11.1. The standard InChI is InChI=1S/C38H36N12O10S3/c1-5-6-20(36-47-22(11-60-36)31(55)41-9-26-43-24(13-61-26)32(56)42-15(2)37-48-23(12-62-37)30(40)54)45-34(58)27(16(3)51)50-33(57)25-14-63-38(49-25)18-7-8-19(29(39)53)44-28(18)21-10-59-35(46-21)17(4)52/h6-8,10-16,27,51H,5,9H2,1-4H3,(H2,39,53)(H2,40,54)(H,41,55)(H,42,56)(H,45,58)(H,50,57)/b20-6-. The highest BCUT2D eigenvalue weighted by Gasteiger charge is 2.30. The monoisotopic (exact) mass is 916 g/mol. The fraction of sp³-hybridized carbons (Fsp3) is 0.237. The smallest absolute Gasteiger partial charge is 0.273 e. The van der Waals surface area contributed by atoms with Crippen molar-refractivity contribution in [1.82, 2.24) is 51.2 Å². The Balaban J connectivity index is 1.07. The van der Waals surface area contributed by atoms with Crippen molar-refractivity contribution < 1.29 is 47.5 Å². The molecule has 0 saturated carbocycles. The molecule has 6 aromatic heterocycles. The Kier molecular flexibility index (Phi) is 14.0. The van der Waals surface area contributed by atoms with Gasteiger partial charge in [-0.1, -0.05) is 13.0 Å². The third kappa shape index (κ3) is 10.8. The van der Waals surface area contributed by atoms with Crippen molar-refractivity contribution >= 4 is 80.9 Å². The molecule has 3 atom stereocenters. The zero-order valence-corrected chi connectivity index (χ0v) is 35.9. The van der Waals surface area contributed by atoms with Crippen LogP contribution in [0.25, 0.3) is 27.7 Å². The van der Waals surface area contributed by atoms with Gasteiger partial charge in [-0.05, 0) is 32.4 Å². The quantitative estimate of drug-likeness (QED) is 0.0609. The fourth-order valence-corrected chi connectivity index (χ4v) is 7.77. The molecule has 0 radical (unpaired) electrons. The number of hydrogen-bond donors (Lipinski definition) is 7. The molecular formula is C38H36N12O10S3. The Hall–Kier alpha value is -7.35. The van der Waals surface area contributed by atoms with Crippen LogP contribution in [0, 0.1) is 0 Å². The van der Waals surface area contributed by atoms with E-state index in [1.165, 1.54) is 59.7 Å². The molecule has 0 aliphatic heterocycles. The highest BCUT2D eigenvalue weighted by molar-refractivity contribution is 7.13. The zero-order chi connectivity index (χ0) is 45.5. The molecule has 6 heterocycles. The molecular weight excluding hydrogens is 881 g/mol. The lowest BCUT2D eigenvalue weighted by molar-refractivity contribution is -0.124. The molecule has 9 N–H and O–H groups in total. The SMILES string of the molecule is CC/C=C(\NC(=O)C(NC(=O)c1csc(-c2ccc(C(N)=O)nc2-c2coc(C(C)=O)n2)n1)C(C)O)c1nc(C(=O)NCc2nc(C(=O)NC(C)c3nc(C(N)=O)cs3)cs2)co1. The van der Waals surface area contributed by atoms with Gasteiger partial charge < -0.3 is 46.7 Å². The van der Waals surface area contributed by atoms with E-state index in [0.29, 0.717) is 22.0 Å². The van der Waals surface area contributed by atoms with E-state index in [-0.39, 0.29) is 68.9 Å². The summed E-state index contributed by atoms with van der Waals surface area (Å²) < 4.78 is 10.7. The molecule has 25 heteroatoms. The van der Waals surface area contributed by atoms with Crippen molar-refractivity contribution in [2.24, 2.45) is 11.5 Å². The van der Waals surface area contributed by atoms with Gasteiger partial charge in [0, 0.05) is 28.6 Å². The van der Waals surface area contributed by atoms with Gasteiger partial charge >= 0.3 is 0 Å². The van der Waals surface area contributed by atoms with Crippen molar-refractivity contribution in [3.8, 4) is 22.0 Å². The minimum absolute atomic E-state index is 0.0472. The van der Waals surface area contributed by atoms with Gasteiger partial charge in [-0.15, -0.1) is 34.0 Å². The number of oxazole rings is 2. The first-order chi connectivity index (χ1) is 30.0. The maximum absolute atomic E-state index is 13.5. The van der Waals surface area contributed by atoms with E-state index >= 15 is 0 Å². The molecule has 326 valence electrons. The first-order valence-corrected chi connectivity index (χ1v) is 21.1. The van der Waals surface area contributed by atoms with Crippen molar-refractivity contribution in [2.45, 2.75) is 58.8 Å². The number of aromatic nitrogens is 6.